The molecular weight excluding hydrogens is 342 g/mol. The van der Waals surface area contributed by atoms with Gasteiger partial charge in [0, 0.05) is 48.7 Å². The number of thiophene rings is 1. The van der Waals surface area contributed by atoms with E-state index in [-0.39, 0.29) is 23.9 Å². The second kappa shape index (κ2) is 7.80. The molecule has 1 aromatic heterocycles. The minimum absolute atomic E-state index is 0.130. The number of amides is 1. The highest BCUT2D eigenvalue weighted by Crippen LogP contribution is 2.32. The molecule has 1 N–H and O–H groups in total. The number of carbonyl (C=O) groups is 1. The molecule has 0 radical (unpaired) electrons. The van der Waals surface area contributed by atoms with Crippen molar-refractivity contribution in [2.45, 2.75) is 31.8 Å². The van der Waals surface area contributed by atoms with E-state index in [0.29, 0.717) is 0 Å². The Morgan fingerprint density at radius 3 is 2.42 bits per heavy atom. The second-order valence-corrected chi connectivity index (χ2v) is 8.37. The van der Waals surface area contributed by atoms with E-state index in [9.17, 15) is 4.79 Å². The maximum absolute atomic E-state index is 12.3. The van der Waals surface area contributed by atoms with Crippen molar-refractivity contribution >= 4 is 22.9 Å². The van der Waals surface area contributed by atoms with E-state index < -0.39 is 0 Å². The third-order valence-corrected chi connectivity index (χ3v) is 6.40. The lowest BCUT2D eigenvalue weighted by atomic mass is 10.0. The van der Waals surface area contributed by atoms with Gasteiger partial charge in [-0.25, -0.2) is 0 Å². The van der Waals surface area contributed by atoms with Crippen molar-refractivity contribution in [2.75, 3.05) is 31.1 Å². The fourth-order valence-corrected chi connectivity index (χ4v) is 4.83. The van der Waals surface area contributed by atoms with Crippen molar-refractivity contribution in [3.8, 4) is 0 Å². The van der Waals surface area contributed by atoms with Crippen LogP contribution in [0.3, 0.4) is 0 Å². The summed E-state index contributed by atoms with van der Waals surface area (Å²) in [6.45, 7) is 6.24. The van der Waals surface area contributed by atoms with E-state index >= 15 is 0 Å². The van der Waals surface area contributed by atoms with Gasteiger partial charge in [0.25, 0.3) is 0 Å². The summed E-state index contributed by atoms with van der Waals surface area (Å²) in [5, 5.41) is 5.42. The van der Waals surface area contributed by atoms with Crippen molar-refractivity contribution in [3.63, 3.8) is 0 Å². The fraction of sp³-hybridized carbons (Fsp3) is 0.476. The summed E-state index contributed by atoms with van der Waals surface area (Å²) < 4.78 is 0. The molecule has 0 unspecified atom stereocenters. The van der Waals surface area contributed by atoms with Crippen LogP contribution in [0.2, 0.25) is 0 Å². The lowest BCUT2D eigenvalue weighted by molar-refractivity contribution is -0.123. The number of hydrogen-bond donors (Lipinski definition) is 1. The Hall–Kier alpha value is -1.85. The van der Waals surface area contributed by atoms with Crippen LogP contribution in [0.1, 0.15) is 30.7 Å². The van der Waals surface area contributed by atoms with Gasteiger partial charge < -0.3 is 10.2 Å². The van der Waals surface area contributed by atoms with Crippen molar-refractivity contribution in [1.29, 1.82) is 0 Å². The number of carbonyl (C=O) groups excluding carboxylic acids is 1. The molecule has 1 aromatic carbocycles. The minimum Gasteiger partial charge on any atom is -0.369 e. The summed E-state index contributed by atoms with van der Waals surface area (Å²) in [4.78, 5) is 18.6. The van der Waals surface area contributed by atoms with E-state index in [0.717, 1.165) is 39.0 Å². The number of hydrogen-bond acceptors (Lipinski definition) is 4. The van der Waals surface area contributed by atoms with Gasteiger partial charge in [-0.05, 0) is 43.3 Å². The van der Waals surface area contributed by atoms with Crippen LogP contribution in [0.4, 0.5) is 5.69 Å². The van der Waals surface area contributed by atoms with Gasteiger partial charge in [-0.15, -0.1) is 11.3 Å². The molecule has 1 saturated heterocycles. The van der Waals surface area contributed by atoms with Gasteiger partial charge in [0.2, 0.25) is 5.91 Å². The second-order valence-electron chi connectivity index (χ2n) is 7.39. The molecular formula is C21H27N3OS. The van der Waals surface area contributed by atoms with E-state index in [4.69, 9.17) is 0 Å². The van der Waals surface area contributed by atoms with Crippen LogP contribution in [0.25, 0.3) is 0 Å². The molecule has 2 fully saturated rings. The zero-order chi connectivity index (χ0) is 17.9. The van der Waals surface area contributed by atoms with Crippen LogP contribution in [0.5, 0.6) is 0 Å². The monoisotopic (exact) mass is 369 g/mol. The SMILES string of the molecule is C[C@H](NC(=O)C1CC1)[C@@H](c1cccs1)N1CCN(c2ccccc2)CC1. The van der Waals surface area contributed by atoms with E-state index in [2.05, 4.69) is 69.9 Å². The summed E-state index contributed by atoms with van der Waals surface area (Å²) >= 11 is 1.79. The normalized spacial score (nSPS) is 20.6. The highest BCUT2D eigenvalue weighted by molar-refractivity contribution is 7.10. The third-order valence-electron chi connectivity index (χ3n) is 5.46. The Morgan fingerprint density at radius 2 is 1.81 bits per heavy atom. The van der Waals surface area contributed by atoms with E-state index in [1.807, 2.05) is 0 Å². The smallest absolute Gasteiger partial charge is 0.223 e. The van der Waals surface area contributed by atoms with Crippen molar-refractivity contribution < 1.29 is 4.79 Å². The number of anilines is 1. The number of nitrogens with zero attached hydrogens (tertiary/aromatic N) is 2. The summed E-state index contributed by atoms with van der Waals surface area (Å²) in [7, 11) is 0. The zero-order valence-corrected chi connectivity index (χ0v) is 16.1. The van der Waals surface area contributed by atoms with Crippen LogP contribution in [-0.4, -0.2) is 43.0 Å². The highest BCUT2D eigenvalue weighted by Gasteiger charge is 2.35. The molecule has 1 aliphatic heterocycles. The van der Waals surface area contributed by atoms with Crippen LogP contribution in [0, 0.1) is 5.92 Å². The minimum atomic E-state index is 0.130. The van der Waals surface area contributed by atoms with E-state index in [1.54, 1.807) is 11.3 Å². The van der Waals surface area contributed by atoms with Crippen LogP contribution < -0.4 is 10.2 Å². The molecule has 4 rings (SSSR count). The van der Waals surface area contributed by atoms with Gasteiger partial charge >= 0.3 is 0 Å². The largest absolute Gasteiger partial charge is 0.369 e. The predicted octanol–water partition coefficient (Wildman–Crippen LogP) is 3.53. The first-order valence-corrected chi connectivity index (χ1v) is 10.5. The Bertz CT molecular complexity index is 706. The number of nitrogens with one attached hydrogen (secondary N) is 1. The van der Waals surface area contributed by atoms with Gasteiger partial charge in [0.1, 0.15) is 0 Å². The molecule has 2 atom stereocenters. The lowest BCUT2D eigenvalue weighted by Crippen LogP contribution is -2.52. The first-order chi connectivity index (χ1) is 12.7. The summed E-state index contributed by atoms with van der Waals surface area (Å²) in [6, 6.07) is 15.4. The third kappa shape index (κ3) is 3.94. The summed E-state index contributed by atoms with van der Waals surface area (Å²) in [6.07, 6.45) is 2.11. The molecule has 4 nitrogen and oxygen atoms in total. The molecule has 2 aromatic rings. The Kier molecular flexibility index (Phi) is 5.27. The molecule has 2 aliphatic rings. The molecule has 1 saturated carbocycles. The van der Waals surface area contributed by atoms with Crippen LogP contribution in [-0.2, 0) is 4.79 Å². The number of rotatable bonds is 6. The topological polar surface area (TPSA) is 35.6 Å². The molecule has 0 spiro atoms. The van der Waals surface area contributed by atoms with Gasteiger partial charge in [-0.2, -0.15) is 0 Å². The molecule has 26 heavy (non-hydrogen) atoms. The molecule has 2 heterocycles. The van der Waals surface area contributed by atoms with E-state index in [1.165, 1.54) is 10.6 Å². The van der Waals surface area contributed by atoms with Gasteiger partial charge in [0.05, 0.1) is 6.04 Å². The number of piperazine rings is 1. The molecule has 5 heteroatoms. The summed E-state index contributed by atoms with van der Waals surface area (Å²) in [5.74, 6) is 0.498. The Labute approximate surface area is 159 Å². The average Bonchev–Trinajstić information content (AvgIpc) is 3.40. The molecule has 1 aliphatic carbocycles. The highest BCUT2D eigenvalue weighted by atomic mass is 32.1. The number of para-hydroxylation sites is 1. The zero-order valence-electron chi connectivity index (χ0n) is 15.3. The Morgan fingerprint density at radius 1 is 1.08 bits per heavy atom. The first-order valence-electron chi connectivity index (χ1n) is 9.60. The summed E-state index contributed by atoms with van der Waals surface area (Å²) in [5.41, 5.74) is 1.30. The maximum atomic E-state index is 12.3. The lowest BCUT2D eigenvalue weighted by Gasteiger charge is -2.42. The average molecular weight is 370 g/mol. The quantitative estimate of drug-likeness (QED) is 0.846. The van der Waals surface area contributed by atoms with Gasteiger partial charge in [0.15, 0.2) is 0 Å². The Balaban J connectivity index is 1.44. The molecule has 0 bridgehead atoms. The predicted molar refractivity (Wildman–Crippen MR) is 108 cm³/mol. The van der Waals surface area contributed by atoms with Crippen LogP contribution in [0.15, 0.2) is 47.8 Å². The number of benzene rings is 1. The van der Waals surface area contributed by atoms with Crippen molar-refractivity contribution in [1.82, 2.24) is 10.2 Å². The van der Waals surface area contributed by atoms with Crippen molar-refractivity contribution in [2.24, 2.45) is 5.92 Å². The maximum Gasteiger partial charge on any atom is 0.223 e. The van der Waals surface area contributed by atoms with Crippen LogP contribution >= 0.6 is 11.3 Å². The molecule has 1 amide bonds. The van der Waals surface area contributed by atoms with Gasteiger partial charge in [-0.1, -0.05) is 24.3 Å². The van der Waals surface area contributed by atoms with Crippen molar-refractivity contribution in [3.05, 3.63) is 52.7 Å². The standard InChI is InChI=1S/C21H27N3OS/c1-16(22-21(25)17-9-10-17)20(19-8-5-15-26-19)24-13-11-23(12-14-24)18-6-3-2-4-7-18/h2-8,15-17,20H,9-14H2,1H3,(H,22,25)/t16-,20-/m0/s1. The first kappa shape index (κ1) is 17.6. The molecule has 138 valence electrons. The van der Waals surface area contributed by atoms with Gasteiger partial charge in [-0.3, -0.25) is 9.69 Å². The fourth-order valence-electron chi connectivity index (χ4n) is 3.87.